The predicted molar refractivity (Wildman–Crippen MR) is 83.0 cm³/mol. The van der Waals surface area contributed by atoms with Gasteiger partial charge in [-0.2, -0.15) is 0 Å². The van der Waals surface area contributed by atoms with Crippen LogP contribution < -0.4 is 15.8 Å². The molecular weight excluding hydrogens is 306 g/mol. The lowest BCUT2D eigenvalue weighted by atomic mass is 10.0. The topological polar surface area (TPSA) is 111 Å². The number of sulfonamides is 1. The van der Waals surface area contributed by atoms with Crippen molar-refractivity contribution in [2.45, 2.75) is 24.2 Å². The number of carbonyl (C=O) groups is 1. The van der Waals surface area contributed by atoms with E-state index in [4.69, 9.17) is 9.88 Å². The Bertz CT molecular complexity index is 595. The highest BCUT2D eigenvalue weighted by atomic mass is 32.2. The van der Waals surface area contributed by atoms with Gasteiger partial charge in [-0.1, -0.05) is 0 Å². The zero-order chi connectivity index (χ0) is 16.0. The second-order valence-corrected chi connectivity index (χ2v) is 6.88. The van der Waals surface area contributed by atoms with E-state index in [9.17, 15) is 13.2 Å². The molecule has 22 heavy (non-hydrogen) atoms. The van der Waals surface area contributed by atoms with Gasteiger partial charge in [0.2, 0.25) is 10.0 Å². The monoisotopic (exact) mass is 327 g/mol. The van der Waals surface area contributed by atoms with Crippen molar-refractivity contribution in [1.82, 2.24) is 5.32 Å². The molecule has 122 valence electrons. The first kappa shape index (κ1) is 16.7. The molecule has 1 aromatic carbocycles. The number of ether oxygens (including phenoxy) is 1. The highest BCUT2D eigenvalue weighted by Gasteiger charge is 2.14. The highest BCUT2D eigenvalue weighted by Crippen LogP contribution is 2.17. The summed E-state index contributed by atoms with van der Waals surface area (Å²) < 4.78 is 27.5. The van der Waals surface area contributed by atoms with Crippen molar-refractivity contribution in [1.29, 1.82) is 0 Å². The molecule has 0 spiro atoms. The van der Waals surface area contributed by atoms with Crippen LogP contribution in [0.5, 0.6) is 0 Å². The van der Waals surface area contributed by atoms with E-state index < -0.39 is 10.0 Å². The molecule has 1 aliphatic heterocycles. The average Bonchev–Trinajstić information content (AvgIpc) is 2.96. The standard InChI is InChI=1S/C14H21N3O4S/c15-22(19,20)13-5-3-12(4-6-13)17-14(18)16-8-1-2-11-7-9-21-10-11/h3-6,11H,1-2,7-10H2,(H2,15,19,20)(H2,16,17,18). The second-order valence-electron chi connectivity index (χ2n) is 5.32. The third kappa shape index (κ3) is 5.28. The Balaban J connectivity index is 1.70. The molecule has 1 heterocycles. The summed E-state index contributed by atoms with van der Waals surface area (Å²) in [4.78, 5) is 11.7. The van der Waals surface area contributed by atoms with E-state index in [2.05, 4.69) is 10.6 Å². The third-order valence-electron chi connectivity index (χ3n) is 3.54. The van der Waals surface area contributed by atoms with E-state index >= 15 is 0 Å². The summed E-state index contributed by atoms with van der Waals surface area (Å²) in [6.07, 6.45) is 3.05. The first-order chi connectivity index (χ1) is 10.4. The summed E-state index contributed by atoms with van der Waals surface area (Å²) in [6.45, 7) is 2.26. The fourth-order valence-electron chi connectivity index (χ4n) is 2.31. The highest BCUT2D eigenvalue weighted by molar-refractivity contribution is 7.89. The molecule has 7 nitrogen and oxygen atoms in total. The van der Waals surface area contributed by atoms with Crippen molar-refractivity contribution in [3.63, 3.8) is 0 Å². The molecule has 0 saturated carbocycles. The zero-order valence-corrected chi connectivity index (χ0v) is 13.1. The summed E-state index contributed by atoms with van der Waals surface area (Å²) >= 11 is 0. The number of hydrogen-bond donors (Lipinski definition) is 3. The summed E-state index contributed by atoms with van der Waals surface area (Å²) in [7, 11) is -3.71. The minimum atomic E-state index is -3.71. The van der Waals surface area contributed by atoms with Crippen LogP contribution in [0.15, 0.2) is 29.2 Å². The van der Waals surface area contributed by atoms with Crippen molar-refractivity contribution in [3.8, 4) is 0 Å². The van der Waals surface area contributed by atoms with Gasteiger partial charge in [-0.05, 0) is 49.4 Å². The van der Waals surface area contributed by atoms with Crippen LogP contribution in [0, 0.1) is 5.92 Å². The van der Waals surface area contributed by atoms with Crippen LogP contribution >= 0.6 is 0 Å². The number of amides is 2. The Labute approximate surface area is 130 Å². The summed E-state index contributed by atoms with van der Waals surface area (Å²) in [5.74, 6) is 0.607. The number of primary sulfonamides is 1. The number of benzene rings is 1. The maximum Gasteiger partial charge on any atom is 0.319 e. The molecule has 0 radical (unpaired) electrons. The smallest absolute Gasteiger partial charge is 0.319 e. The van der Waals surface area contributed by atoms with Crippen molar-refractivity contribution >= 4 is 21.7 Å². The van der Waals surface area contributed by atoms with Crippen molar-refractivity contribution < 1.29 is 17.9 Å². The molecule has 0 bridgehead atoms. The first-order valence-corrected chi connectivity index (χ1v) is 8.75. The van der Waals surface area contributed by atoms with E-state index in [-0.39, 0.29) is 10.9 Å². The van der Waals surface area contributed by atoms with Gasteiger partial charge in [0.25, 0.3) is 0 Å². The Morgan fingerprint density at radius 1 is 1.32 bits per heavy atom. The third-order valence-corrected chi connectivity index (χ3v) is 4.47. The first-order valence-electron chi connectivity index (χ1n) is 7.20. The molecule has 4 N–H and O–H groups in total. The van der Waals surface area contributed by atoms with Crippen LogP contribution in [0.4, 0.5) is 10.5 Å². The van der Waals surface area contributed by atoms with Gasteiger partial charge in [0.05, 0.1) is 4.90 Å². The molecule has 1 saturated heterocycles. The van der Waals surface area contributed by atoms with Gasteiger partial charge >= 0.3 is 6.03 Å². The molecule has 8 heteroatoms. The van der Waals surface area contributed by atoms with Gasteiger partial charge < -0.3 is 15.4 Å². The molecular formula is C14H21N3O4S. The Morgan fingerprint density at radius 3 is 2.64 bits per heavy atom. The average molecular weight is 327 g/mol. The van der Waals surface area contributed by atoms with E-state index in [0.29, 0.717) is 18.2 Å². The van der Waals surface area contributed by atoms with E-state index in [1.165, 1.54) is 24.3 Å². The van der Waals surface area contributed by atoms with Crippen LogP contribution in [0.2, 0.25) is 0 Å². The van der Waals surface area contributed by atoms with E-state index in [1.807, 2.05) is 0 Å². The molecule has 1 fully saturated rings. The van der Waals surface area contributed by atoms with Crippen molar-refractivity contribution in [3.05, 3.63) is 24.3 Å². The van der Waals surface area contributed by atoms with Gasteiger partial charge in [0, 0.05) is 25.4 Å². The number of nitrogens with one attached hydrogen (secondary N) is 2. The van der Waals surface area contributed by atoms with Gasteiger partial charge in [-0.15, -0.1) is 0 Å². The molecule has 0 aromatic heterocycles. The van der Waals surface area contributed by atoms with Crippen LogP contribution in [-0.2, 0) is 14.8 Å². The van der Waals surface area contributed by atoms with Gasteiger partial charge in [0.1, 0.15) is 0 Å². The minimum Gasteiger partial charge on any atom is -0.381 e. The fourth-order valence-corrected chi connectivity index (χ4v) is 2.82. The molecule has 1 aliphatic rings. The maximum atomic E-state index is 11.7. The number of anilines is 1. The lowest BCUT2D eigenvalue weighted by Crippen LogP contribution is -2.29. The van der Waals surface area contributed by atoms with Crippen molar-refractivity contribution in [2.24, 2.45) is 11.1 Å². The van der Waals surface area contributed by atoms with Crippen molar-refractivity contribution in [2.75, 3.05) is 25.1 Å². The SMILES string of the molecule is NS(=O)(=O)c1ccc(NC(=O)NCCCC2CCOC2)cc1. The lowest BCUT2D eigenvalue weighted by molar-refractivity contribution is 0.184. The molecule has 1 unspecified atom stereocenters. The number of hydrogen-bond acceptors (Lipinski definition) is 4. The molecule has 1 aromatic rings. The predicted octanol–water partition coefficient (Wildman–Crippen LogP) is 1.27. The minimum absolute atomic E-state index is 0.0113. The molecule has 2 rings (SSSR count). The fraction of sp³-hybridized carbons (Fsp3) is 0.500. The second kappa shape index (κ2) is 7.57. The van der Waals surface area contributed by atoms with E-state index in [0.717, 1.165) is 32.5 Å². The van der Waals surface area contributed by atoms with Gasteiger partial charge in [0.15, 0.2) is 0 Å². The Hall–Kier alpha value is -1.64. The number of nitrogens with two attached hydrogens (primary N) is 1. The van der Waals surface area contributed by atoms with Gasteiger partial charge in [-0.3, -0.25) is 0 Å². The van der Waals surface area contributed by atoms with Crippen LogP contribution in [0.1, 0.15) is 19.3 Å². The quantitative estimate of drug-likeness (QED) is 0.683. The number of rotatable bonds is 6. The molecule has 2 amide bonds. The zero-order valence-electron chi connectivity index (χ0n) is 12.2. The van der Waals surface area contributed by atoms with Crippen LogP contribution in [0.3, 0.4) is 0 Å². The normalized spacial score (nSPS) is 18.1. The van der Waals surface area contributed by atoms with E-state index in [1.54, 1.807) is 0 Å². The molecule has 1 atom stereocenters. The summed E-state index contributed by atoms with van der Waals surface area (Å²) in [5, 5.41) is 10.4. The Morgan fingerprint density at radius 2 is 2.05 bits per heavy atom. The number of urea groups is 1. The van der Waals surface area contributed by atoms with Crippen LogP contribution in [0.25, 0.3) is 0 Å². The summed E-state index contributed by atoms with van der Waals surface area (Å²) in [6, 6.07) is 5.38. The van der Waals surface area contributed by atoms with Crippen LogP contribution in [-0.4, -0.2) is 34.2 Å². The lowest BCUT2D eigenvalue weighted by Gasteiger charge is -2.10. The number of carbonyl (C=O) groups excluding carboxylic acids is 1. The molecule has 0 aliphatic carbocycles. The largest absolute Gasteiger partial charge is 0.381 e. The summed E-state index contributed by atoms with van der Waals surface area (Å²) in [5.41, 5.74) is 0.508. The Kier molecular flexibility index (Phi) is 5.76. The van der Waals surface area contributed by atoms with Gasteiger partial charge in [-0.25, -0.2) is 18.4 Å². The maximum absolute atomic E-state index is 11.7.